The first-order valence-electron chi connectivity index (χ1n) is 22.0. The fourth-order valence-electron chi connectivity index (χ4n) is 9.20. The van der Waals surface area contributed by atoms with E-state index in [-0.39, 0.29) is 35.2 Å². The van der Waals surface area contributed by atoms with E-state index in [9.17, 15) is 29.1 Å². The number of aryl methyl sites for hydroxylation is 1. The highest BCUT2D eigenvalue weighted by Gasteiger charge is 2.44. The third-order valence-corrected chi connectivity index (χ3v) is 12.6. The van der Waals surface area contributed by atoms with Crippen molar-refractivity contribution in [1.82, 2.24) is 20.4 Å². The zero-order chi connectivity index (χ0) is 42.0. The number of aromatic hydroxyl groups is 1. The molecule has 0 aromatic heterocycles. The lowest BCUT2D eigenvalue weighted by Gasteiger charge is -2.35. The van der Waals surface area contributed by atoms with Crippen LogP contribution in [0.15, 0.2) is 91.3 Å². The number of benzene rings is 3. The first-order valence-corrected chi connectivity index (χ1v) is 22.0. The zero-order valence-corrected chi connectivity index (χ0v) is 34.7. The van der Waals surface area contributed by atoms with Gasteiger partial charge in [0.05, 0.1) is 16.7 Å². The number of fused-ring (bicyclic) bond motifs is 3. The number of nitrogens with zero attached hydrogens (tertiary/aromatic N) is 3. The molecule has 3 aromatic carbocycles. The van der Waals surface area contributed by atoms with Crippen LogP contribution in [0.25, 0.3) is 0 Å². The van der Waals surface area contributed by atoms with E-state index in [0.717, 1.165) is 74.9 Å². The van der Waals surface area contributed by atoms with E-state index in [2.05, 4.69) is 51.3 Å². The van der Waals surface area contributed by atoms with E-state index >= 15 is 0 Å². The number of rotatable bonds is 21. The van der Waals surface area contributed by atoms with Crippen molar-refractivity contribution >= 4 is 35.1 Å². The molecule has 11 heteroatoms. The minimum Gasteiger partial charge on any atom is -0.507 e. The lowest BCUT2D eigenvalue weighted by Crippen LogP contribution is -2.51. The highest BCUT2D eigenvalue weighted by Crippen LogP contribution is 2.35. The third kappa shape index (κ3) is 10.3. The number of amides is 4. The van der Waals surface area contributed by atoms with Crippen molar-refractivity contribution in [3.8, 4) is 5.75 Å². The second kappa shape index (κ2) is 20.0. The van der Waals surface area contributed by atoms with Crippen LogP contribution in [-0.4, -0.2) is 82.1 Å². The van der Waals surface area contributed by atoms with Crippen molar-refractivity contribution in [2.45, 2.75) is 121 Å². The van der Waals surface area contributed by atoms with Gasteiger partial charge in [-0.25, -0.2) is 0 Å². The average Bonchev–Trinajstić information content (AvgIpc) is 3.92. The van der Waals surface area contributed by atoms with Gasteiger partial charge < -0.3 is 25.5 Å². The van der Waals surface area contributed by atoms with Crippen LogP contribution in [0, 0.1) is 0 Å². The number of phenolic OH excluding ortho intramolecular Hbond substituents is 1. The van der Waals surface area contributed by atoms with Gasteiger partial charge in [0.2, 0.25) is 11.8 Å². The molecule has 0 radical (unpaired) electrons. The normalized spacial score (nSPS) is 19.7. The van der Waals surface area contributed by atoms with Crippen LogP contribution in [0.2, 0.25) is 0 Å². The number of anilines is 1. The molecule has 3 aromatic rings. The number of likely N-dealkylation sites (tertiary alicyclic amines) is 1. The molecule has 316 valence electrons. The Morgan fingerprint density at radius 1 is 0.783 bits per heavy atom. The first kappa shape index (κ1) is 42.4. The largest absolute Gasteiger partial charge is 0.507 e. The molecule has 3 saturated heterocycles. The van der Waals surface area contributed by atoms with Crippen LogP contribution in [0.5, 0.6) is 5.75 Å². The number of unbranched alkanes of at least 4 members (excludes halogenated alkanes) is 9. The summed E-state index contributed by atoms with van der Waals surface area (Å²) in [5.74, 6) is -1.17. The second-order valence-corrected chi connectivity index (χ2v) is 16.9. The number of phenols is 1. The van der Waals surface area contributed by atoms with E-state index in [1.807, 2.05) is 18.3 Å². The molecule has 0 spiro atoms. The lowest BCUT2D eigenvalue weighted by atomic mass is 10.0. The molecular weight excluding hydrogens is 755 g/mol. The van der Waals surface area contributed by atoms with Crippen LogP contribution >= 0.6 is 0 Å². The number of hydrogen-bond donors (Lipinski definition) is 3. The van der Waals surface area contributed by atoms with Crippen LogP contribution in [-0.2, 0) is 22.4 Å². The minimum absolute atomic E-state index is 0.00531. The smallest absolute Gasteiger partial charge is 0.262 e. The Labute approximate surface area is 353 Å². The molecule has 1 unspecified atom stereocenters. The SMILES string of the molecule is C=C1CCC(N2C(=O)c3ccc(CCCCCCCCCCCCC(=O)NCCc4ccc(N5C[C@@H]6C[C@H]5CN6/C=C/C(=O)c5ccccc5O)cc4)cc3C2=O)C(=O)N1. The van der Waals surface area contributed by atoms with Gasteiger partial charge in [-0.3, -0.25) is 28.9 Å². The monoisotopic (exact) mass is 813 g/mol. The standard InChI is InChI=1S/C49H59N5O6/c1-34-18-25-43(47(58)51-34)54-48(59)40-24-21-36(30-42(40)49(54)60)14-10-8-6-4-2-3-5-7-9-11-17-46(57)50-28-26-35-19-22-37(23-20-35)53-33-38-31-39(53)32-52(38)29-27-45(56)41-15-12-13-16-44(41)55/h12-13,15-16,19-24,27,29-30,38-39,43,55H,1-11,14,17-18,25-26,28,31-33H2,(H,50,57)(H,51,58)/b29-27+/t38-,39-,43?/m0/s1. The third-order valence-electron chi connectivity index (χ3n) is 12.6. The molecule has 3 fully saturated rings. The number of piperazine rings is 1. The Bertz CT molecular complexity index is 2100. The minimum atomic E-state index is -0.785. The maximum Gasteiger partial charge on any atom is 0.262 e. The summed E-state index contributed by atoms with van der Waals surface area (Å²) in [6, 6.07) is 20.8. The molecule has 2 bridgehead atoms. The van der Waals surface area contributed by atoms with E-state index in [4.69, 9.17) is 0 Å². The second-order valence-electron chi connectivity index (χ2n) is 16.9. The van der Waals surface area contributed by atoms with Crippen molar-refractivity contribution in [2.75, 3.05) is 24.5 Å². The summed E-state index contributed by atoms with van der Waals surface area (Å²) in [5.41, 5.74) is 5.19. The maximum absolute atomic E-state index is 13.1. The molecule has 0 aliphatic carbocycles. The van der Waals surface area contributed by atoms with Crippen LogP contribution in [0.1, 0.15) is 132 Å². The van der Waals surface area contributed by atoms with E-state index < -0.39 is 6.04 Å². The predicted octanol–water partition coefficient (Wildman–Crippen LogP) is 7.63. The molecule has 4 aliphatic heterocycles. The Kier molecular flexibility index (Phi) is 14.2. The van der Waals surface area contributed by atoms with Gasteiger partial charge in [-0.1, -0.05) is 88.3 Å². The maximum atomic E-state index is 13.1. The van der Waals surface area contributed by atoms with Crippen molar-refractivity contribution in [2.24, 2.45) is 0 Å². The van der Waals surface area contributed by atoms with E-state index in [1.165, 1.54) is 49.4 Å². The Morgan fingerprint density at radius 2 is 1.47 bits per heavy atom. The van der Waals surface area contributed by atoms with Gasteiger partial charge in [-0.15, -0.1) is 0 Å². The molecule has 11 nitrogen and oxygen atoms in total. The van der Waals surface area contributed by atoms with Crippen molar-refractivity contribution in [3.05, 3.63) is 119 Å². The van der Waals surface area contributed by atoms with Crippen LogP contribution in [0.4, 0.5) is 5.69 Å². The molecule has 4 heterocycles. The summed E-state index contributed by atoms with van der Waals surface area (Å²) >= 11 is 0. The van der Waals surface area contributed by atoms with E-state index in [0.29, 0.717) is 60.3 Å². The summed E-state index contributed by atoms with van der Waals surface area (Å²) in [7, 11) is 0. The summed E-state index contributed by atoms with van der Waals surface area (Å²) in [4.78, 5) is 69.4. The zero-order valence-electron chi connectivity index (χ0n) is 34.7. The van der Waals surface area contributed by atoms with Crippen molar-refractivity contribution < 1.29 is 29.1 Å². The highest BCUT2D eigenvalue weighted by atomic mass is 16.3. The number of carbonyl (C=O) groups excluding carboxylic acids is 5. The van der Waals surface area contributed by atoms with Crippen LogP contribution in [0.3, 0.4) is 0 Å². The molecule has 0 saturated carbocycles. The molecular formula is C49H59N5O6. The molecule has 7 rings (SSSR count). The molecule has 4 aliphatic rings. The predicted molar refractivity (Wildman–Crippen MR) is 233 cm³/mol. The quantitative estimate of drug-likeness (QED) is 0.0432. The summed E-state index contributed by atoms with van der Waals surface area (Å²) in [6.45, 7) is 6.20. The number of carbonyl (C=O) groups is 5. The van der Waals surface area contributed by atoms with Gasteiger partial charge in [0.1, 0.15) is 11.8 Å². The number of ketones is 1. The van der Waals surface area contributed by atoms with Gasteiger partial charge in [0, 0.05) is 61.8 Å². The lowest BCUT2D eigenvalue weighted by molar-refractivity contribution is -0.125. The topological polar surface area (TPSA) is 139 Å². The Balaban J connectivity index is 0.683. The summed E-state index contributed by atoms with van der Waals surface area (Å²) in [5, 5.41) is 15.7. The number of nitrogens with one attached hydrogen (secondary N) is 2. The van der Waals surface area contributed by atoms with Crippen molar-refractivity contribution in [3.63, 3.8) is 0 Å². The van der Waals surface area contributed by atoms with Gasteiger partial charge in [0.25, 0.3) is 11.8 Å². The number of hydrogen-bond acceptors (Lipinski definition) is 8. The highest BCUT2D eigenvalue weighted by molar-refractivity contribution is 6.23. The molecule has 4 amide bonds. The van der Waals surface area contributed by atoms with Crippen LogP contribution < -0.4 is 15.5 Å². The van der Waals surface area contributed by atoms with Gasteiger partial charge in [-0.05, 0) is 92.5 Å². The first-order chi connectivity index (χ1) is 29.2. The molecule has 60 heavy (non-hydrogen) atoms. The fourth-order valence-corrected chi connectivity index (χ4v) is 9.20. The van der Waals surface area contributed by atoms with Crippen molar-refractivity contribution in [1.29, 1.82) is 0 Å². The average molecular weight is 814 g/mol. The number of allylic oxidation sites excluding steroid dienone is 2. The molecule has 3 atom stereocenters. The van der Waals surface area contributed by atoms with E-state index in [1.54, 1.807) is 30.3 Å². The number of imide groups is 1. The Hall–Kier alpha value is -5.71. The number of para-hydroxylation sites is 1. The van der Waals surface area contributed by atoms with Gasteiger partial charge >= 0.3 is 0 Å². The molecule has 3 N–H and O–H groups in total. The Morgan fingerprint density at radius 3 is 2.17 bits per heavy atom. The van der Waals surface area contributed by atoms with Gasteiger partial charge in [0.15, 0.2) is 5.78 Å². The van der Waals surface area contributed by atoms with Gasteiger partial charge in [-0.2, -0.15) is 0 Å². The summed E-state index contributed by atoms with van der Waals surface area (Å²) in [6.07, 6.45) is 19.0. The number of piperidine rings is 1. The summed E-state index contributed by atoms with van der Waals surface area (Å²) < 4.78 is 0. The fraction of sp³-hybridized carbons (Fsp3) is 0.449.